The van der Waals surface area contributed by atoms with Gasteiger partial charge in [0.2, 0.25) is 0 Å². The lowest BCUT2D eigenvalue weighted by Gasteiger charge is -2.18. The molecule has 6 nitrogen and oxygen atoms in total. The standard InChI is InChI=1S/C24H27N3O3/c1-6-14(2)19-9-7-8-10-20(19)27-23(28)17(5)30-24(29)18-11-12-21-22(13-18)26-16(4)15(3)25-21/h7-14,17H,6H2,1-5H3,(H,27,28)/t14-,17+/m0/s1. The number of benzene rings is 2. The van der Waals surface area contributed by atoms with E-state index in [4.69, 9.17) is 4.74 Å². The molecule has 1 heterocycles. The van der Waals surface area contributed by atoms with Gasteiger partial charge in [0.05, 0.1) is 28.0 Å². The number of ether oxygens (including phenoxy) is 1. The summed E-state index contributed by atoms with van der Waals surface area (Å²) in [6, 6.07) is 12.7. The van der Waals surface area contributed by atoms with Gasteiger partial charge < -0.3 is 10.1 Å². The monoisotopic (exact) mass is 405 g/mol. The van der Waals surface area contributed by atoms with Crippen LogP contribution in [0.25, 0.3) is 11.0 Å². The molecule has 0 aliphatic carbocycles. The number of fused-ring (bicyclic) bond motifs is 1. The summed E-state index contributed by atoms with van der Waals surface area (Å²) in [5.41, 5.74) is 5.12. The summed E-state index contributed by atoms with van der Waals surface area (Å²) in [4.78, 5) is 34.1. The average molecular weight is 405 g/mol. The zero-order valence-electron chi connectivity index (χ0n) is 18.0. The summed E-state index contributed by atoms with van der Waals surface area (Å²) in [5, 5.41) is 2.89. The Bertz CT molecular complexity index is 1090. The van der Waals surface area contributed by atoms with Gasteiger partial charge in [-0.15, -0.1) is 0 Å². The molecule has 1 aromatic heterocycles. The number of hydrogen-bond donors (Lipinski definition) is 1. The first-order chi connectivity index (χ1) is 14.3. The molecule has 0 aliphatic heterocycles. The van der Waals surface area contributed by atoms with Crippen LogP contribution >= 0.6 is 0 Å². The van der Waals surface area contributed by atoms with E-state index in [0.29, 0.717) is 22.5 Å². The Morgan fingerprint density at radius 3 is 2.37 bits per heavy atom. The first kappa shape index (κ1) is 21.4. The smallest absolute Gasteiger partial charge is 0.338 e. The number of para-hydroxylation sites is 1. The van der Waals surface area contributed by atoms with Crippen molar-refractivity contribution in [2.45, 2.75) is 53.1 Å². The third-order valence-electron chi connectivity index (χ3n) is 5.33. The van der Waals surface area contributed by atoms with Crippen LogP contribution in [-0.2, 0) is 9.53 Å². The Kier molecular flexibility index (Phi) is 6.45. The zero-order chi connectivity index (χ0) is 21.8. The molecule has 1 N–H and O–H groups in total. The molecule has 0 bridgehead atoms. The molecule has 156 valence electrons. The van der Waals surface area contributed by atoms with Crippen LogP contribution in [0.4, 0.5) is 5.69 Å². The van der Waals surface area contributed by atoms with Crippen molar-refractivity contribution < 1.29 is 14.3 Å². The molecular weight excluding hydrogens is 378 g/mol. The largest absolute Gasteiger partial charge is 0.449 e. The Balaban J connectivity index is 1.72. The molecule has 2 aromatic carbocycles. The molecule has 0 saturated heterocycles. The van der Waals surface area contributed by atoms with E-state index in [9.17, 15) is 9.59 Å². The maximum absolute atomic E-state index is 12.6. The van der Waals surface area contributed by atoms with Gasteiger partial charge in [-0.25, -0.2) is 14.8 Å². The number of esters is 1. The highest BCUT2D eigenvalue weighted by Crippen LogP contribution is 2.26. The number of aromatic nitrogens is 2. The molecule has 6 heteroatoms. The topological polar surface area (TPSA) is 81.2 Å². The summed E-state index contributed by atoms with van der Waals surface area (Å²) >= 11 is 0. The minimum absolute atomic E-state index is 0.310. The van der Waals surface area contributed by atoms with Crippen LogP contribution in [0.3, 0.4) is 0 Å². The molecule has 1 amide bonds. The Morgan fingerprint density at radius 1 is 1.00 bits per heavy atom. The summed E-state index contributed by atoms with van der Waals surface area (Å²) in [6.45, 7) is 9.54. The fourth-order valence-corrected chi connectivity index (χ4v) is 3.13. The lowest BCUT2D eigenvalue weighted by Crippen LogP contribution is -2.30. The average Bonchev–Trinajstić information content (AvgIpc) is 2.73. The molecule has 0 radical (unpaired) electrons. The minimum atomic E-state index is -0.941. The normalized spacial score (nSPS) is 13.0. The van der Waals surface area contributed by atoms with Crippen LogP contribution in [0, 0.1) is 13.8 Å². The van der Waals surface area contributed by atoms with Gasteiger partial charge in [-0.05, 0) is 62.9 Å². The number of amides is 1. The van der Waals surface area contributed by atoms with Gasteiger partial charge in [0.25, 0.3) is 5.91 Å². The number of carbonyl (C=O) groups excluding carboxylic acids is 2. The van der Waals surface area contributed by atoms with E-state index >= 15 is 0 Å². The van der Waals surface area contributed by atoms with Gasteiger partial charge in [-0.3, -0.25) is 4.79 Å². The summed E-state index contributed by atoms with van der Waals surface area (Å²) in [6.07, 6.45) is 0.0189. The number of carbonyl (C=O) groups is 2. The van der Waals surface area contributed by atoms with Crippen molar-refractivity contribution in [1.82, 2.24) is 9.97 Å². The number of nitrogens with one attached hydrogen (secondary N) is 1. The molecule has 0 fully saturated rings. The molecular formula is C24H27N3O3. The van der Waals surface area contributed by atoms with Crippen LogP contribution < -0.4 is 5.32 Å². The number of anilines is 1. The molecule has 0 spiro atoms. The fraction of sp³-hybridized carbons (Fsp3) is 0.333. The summed E-state index contributed by atoms with van der Waals surface area (Å²) in [7, 11) is 0. The Labute approximate surface area is 176 Å². The summed E-state index contributed by atoms with van der Waals surface area (Å²) < 4.78 is 5.40. The predicted octanol–water partition coefficient (Wildman–Crippen LogP) is 4.94. The van der Waals surface area contributed by atoms with E-state index in [-0.39, 0.29) is 5.91 Å². The quantitative estimate of drug-likeness (QED) is 0.587. The van der Waals surface area contributed by atoms with E-state index in [1.807, 2.05) is 38.1 Å². The number of nitrogens with zero attached hydrogens (tertiary/aromatic N) is 2. The van der Waals surface area contributed by atoms with Gasteiger partial charge in [0.15, 0.2) is 6.10 Å². The van der Waals surface area contributed by atoms with E-state index in [0.717, 1.165) is 29.1 Å². The Hall–Kier alpha value is -3.28. The SMILES string of the molecule is CC[C@H](C)c1ccccc1NC(=O)[C@@H](C)OC(=O)c1ccc2nc(C)c(C)nc2c1. The molecule has 0 saturated carbocycles. The highest BCUT2D eigenvalue weighted by Gasteiger charge is 2.21. The third-order valence-corrected chi connectivity index (χ3v) is 5.33. The van der Waals surface area contributed by atoms with Crippen LogP contribution in [-0.4, -0.2) is 27.9 Å². The molecule has 0 unspecified atom stereocenters. The first-order valence-corrected chi connectivity index (χ1v) is 10.2. The van der Waals surface area contributed by atoms with Crippen molar-refractivity contribution in [1.29, 1.82) is 0 Å². The first-order valence-electron chi connectivity index (χ1n) is 10.2. The van der Waals surface area contributed by atoms with E-state index in [1.54, 1.807) is 25.1 Å². The van der Waals surface area contributed by atoms with Crippen molar-refractivity contribution in [3.8, 4) is 0 Å². The lowest BCUT2D eigenvalue weighted by molar-refractivity contribution is -0.123. The van der Waals surface area contributed by atoms with E-state index < -0.39 is 12.1 Å². The number of aryl methyl sites for hydroxylation is 2. The highest BCUT2D eigenvalue weighted by atomic mass is 16.5. The van der Waals surface area contributed by atoms with Gasteiger partial charge in [-0.1, -0.05) is 32.0 Å². The van der Waals surface area contributed by atoms with E-state index in [2.05, 4.69) is 29.1 Å². The molecule has 30 heavy (non-hydrogen) atoms. The molecule has 3 rings (SSSR count). The number of rotatable bonds is 6. The van der Waals surface area contributed by atoms with Gasteiger partial charge >= 0.3 is 5.97 Å². The molecule has 2 atom stereocenters. The second-order valence-electron chi connectivity index (χ2n) is 7.53. The van der Waals surface area contributed by atoms with Crippen LogP contribution in [0.5, 0.6) is 0 Å². The van der Waals surface area contributed by atoms with E-state index in [1.165, 1.54) is 0 Å². The fourth-order valence-electron chi connectivity index (χ4n) is 3.13. The maximum Gasteiger partial charge on any atom is 0.338 e. The van der Waals surface area contributed by atoms with Crippen molar-refractivity contribution in [3.05, 3.63) is 65.0 Å². The van der Waals surface area contributed by atoms with Crippen molar-refractivity contribution in [2.75, 3.05) is 5.32 Å². The van der Waals surface area contributed by atoms with Crippen molar-refractivity contribution in [2.24, 2.45) is 0 Å². The second-order valence-corrected chi connectivity index (χ2v) is 7.53. The van der Waals surface area contributed by atoms with Gasteiger partial charge in [0.1, 0.15) is 0 Å². The highest BCUT2D eigenvalue weighted by molar-refractivity contribution is 5.98. The summed E-state index contributed by atoms with van der Waals surface area (Å²) in [5.74, 6) is -0.633. The lowest BCUT2D eigenvalue weighted by atomic mass is 9.97. The van der Waals surface area contributed by atoms with Crippen LogP contribution in [0.1, 0.15) is 60.4 Å². The molecule has 0 aliphatic rings. The predicted molar refractivity (Wildman–Crippen MR) is 118 cm³/mol. The van der Waals surface area contributed by atoms with Gasteiger partial charge in [0, 0.05) is 5.69 Å². The Morgan fingerprint density at radius 2 is 1.67 bits per heavy atom. The van der Waals surface area contributed by atoms with Crippen molar-refractivity contribution in [3.63, 3.8) is 0 Å². The second kappa shape index (κ2) is 9.03. The van der Waals surface area contributed by atoms with Gasteiger partial charge in [-0.2, -0.15) is 0 Å². The van der Waals surface area contributed by atoms with Crippen molar-refractivity contribution >= 4 is 28.6 Å². The van der Waals surface area contributed by atoms with Crippen LogP contribution in [0.2, 0.25) is 0 Å². The third kappa shape index (κ3) is 4.64. The molecule has 3 aromatic rings. The minimum Gasteiger partial charge on any atom is -0.449 e. The zero-order valence-corrected chi connectivity index (χ0v) is 18.0. The van der Waals surface area contributed by atoms with Crippen LogP contribution in [0.15, 0.2) is 42.5 Å². The maximum atomic E-state index is 12.6. The number of hydrogen-bond acceptors (Lipinski definition) is 5.